The molecule has 1 aromatic heterocycles. The van der Waals surface area contributed by atoms with Crippen LogP contribution in [0.25, 0.3) is 0 Å². The van der Waals surface area contributed by atoms with Crippen molar-refractivity contribution in [2.45, 2.75) is 26.5 Å². The first-order valence-corrected chi connectivity index (χ1v) is 6.17. The minimum Gasteiger partial charge on any atom is -0.395 e. The maximum absolute atomic E-state index is 12.1. The molecule has 3 N–H and O–H groups in total. The number of nitrogens with two attached hydrogens (primary N) is 1. The van der Waals surface area contributed by atoms with Crippen molar-refractivity contribution < 1.29 is 14.3 Å². The van der Waals surface area contributed by atoms with E-state index in [-0.39, 0.29) is 12.0 Å². The average Bonchev–Trinajstić information content (AvgIpc) is 2.70. The SMILES string of the molecule is CCn1nc(C)c(N)c1C(=O)NCC(COC)OC. The van der Waals surface area contributed by atoms with Crippen molar-refractivity contribution in [2.75, 3.05) is 33.1 Å². The van der Waals surface area contributed by atoms with E-state index in [1.807, 2.05) is 6.92 Å². The molecule has 0 spiro atoms. The maximum Gasteiger partial charge on any atom is 0.271 e. The predicted octanol–water partition coefficient (Wildman–Crippen LogP) is 0.185. The van der Waals surface area contributed by atoms with Crippen LogP contribution in [0, 0.1) is 6.92 Å². The number of anilines is 1. The van der Waals surface area contributed by atoms with Gasteiger partial charge in [0.15, 0.2) is 0 Å². The fourth-order valence-electron chi connectivity index (χ4n) is 1.75. The summed E-state index contributed by atoms with van der Waals surface area (Å²) in [5, 5.41) is 6.99. The Labute approximate surface area is 113 Å². The quantitative estimate of drug-likeness (QED) is 0.737. The van der Waals surface area contributed by atoms with Crippen molar-refractivity contribution in [1.29, 1.82) is 0 Å². The molecule has 0 bridgehead atoms. The summed E-state index contributed by atoms with van der Waals surface area (Å²) in [4.78, 5) is 12.1. The average molecular weight is 270 g/mol. The number of aryl methyl sites for hydroxylation is 2. The number of carbonyl (C=O) groups excluding carboxylic acids is 1. The molecule has 0 radical (unpaired) electrons. The number of hydrogen-bond donors (Lipinski definition) is 2. The molecule has 1 unspecified atom stereocenters. The van der Waals surface area contributed by atoms with Crippen molar-refractivity contribution in [3.8, 4) is 0 Å². The topological polar surface area (TPSA) is 91.4 Å². The third-order valence-electron chi connectivity index (χ3n) is 2.86. The Morgan fingerprint density at radius 1 is 1.53 bits per heavy atom. The lowest BCUT2D eigenvalue weighted by atomic mass is 10.2. The van der Waals surface area contributed by atoms with Crippen LogP contribution < -0.4 is 11.1 Å². The number of amides is 1. The van der Waals surface area contributed by atoms with Gasteiger partial charge in [0, 0.05) is 27.3 Å². The molecule has 7 heteroatoms. The molecule has 1 amide bonds. The minimum atomic E-state index is -0.252. The maximum atomic E-state index is 12.1. The molecule has 0 fully saturated rings. The van der Waals surface area contributed by atoms with Gasteiger partial charge in [0.2, 0.25) is 0 Å². The van der Waals surface area contributed by atoms with E-state index in [0.29, 0.717) is 36.8 Å². The summed E-state index contributed by atoms with van der Waals surface area (Å²) in [6.07, 6.45) is -0.186. The van der Waals surface area contributed by atoms with Gasteiger partial charge in [-0.2, -0.15) is 5.10 Å². The third kappa shape index (κ3) is 3.68. The fraction of sp³-hybridized carbons (Fsp3) is 0.667. The summed E-state index contributed by atoms with van der Waals surface area (Å²) in [7, 11) is 3.16. The number of nitrogens with zero attached hydrogens (tertiary/aromatic N) is 2. The number of ether oxygens (including phenoxy) is 2. The van der Waals surface area contributed by atoms with E-state index in [0.717, 1.165) is 0 Å². The van der Waals surface area contributed by atoms with Gasteiger partial charge in [0.25, 0.3) is 5.91 Å². The molecule has 1 aromatic rings. The molecular formula is C12H22N4O3. The van der Waals surface area contributed by atoms with E-state index >= 15 is 0 Å². The lowest BCUT2D eigenvalue weighted by Gasteiger charge is -2.15. The normalized spacial score (nSPS) is 12.4. The number of carbonyl (C=O) groups is 1. The zero-order valence-electron chi connectivity index (χ0n) is 11.9. The van der Waals surface area contributed by atoms with Crippen LogP contribution in [0.15, 0.2) is 0 Å². The second-order valence-electron chi connectivity index (χ2n) is 4.19. The van der Waals surface area contributed by atoms with E-state index in [9.17, 15) is 4.79 Å². The van der Waals surface area contributed by atoms with Crippen LogP contribution in [0.3, 0.4) is 0 Å². The molecule has 108 valence electrons. The highest BCUT2D eigenvalue weighted by Gasteiger charge is 2.19. The summed E-state index contributed by atoms with van der Waals surface area (Å²) in [5.41, 5.74) is 7.35. The first-order valence-electron chi connectivity index (χ1n) is 6.17. The number of aromatic nitrogens is 2. The van der Waals surface area contributed by atoms with Gasteiger partial charge in [0.05, 0.1) is 24.1 Å². The lowest BCUT2D eigenvalue weighted by molar-refractivity contribution is 0.0284. The Bertz CT molecular complexity index is 431. The number of nitrogens with one attached hydrogen (secondary N) is 1. The van der Waals surface area contributed by atoms with Crippen molar-refractivity contribution in [3.05, 3.63) is 11.4 Å². The van der Waals surface area contributed by atoms with Crippen molar-refractivity contribution in [1.82, 2.24) is 15.1 Å². The van der Waals surface area contributed by atoms with Gasteiger partial charge < -0.3 is 20.5 Å². The molecule has 1 rings (SSSR count). The Morgan fingerprint density at radius 2 is 2.21 bits per heavy atom. The summed E-state index contributed by atoms with van der Waals surface area (Å²) < 4.78 is 11.8. The molecule has 0 aliphatic heterocycles. The second kappa shape index (κ2) is 7.10. The Kier molecular flexibility index (Phi) is 5.78. The summed E-state index contributed by atoms with van der Waals surface area (Å²) in [6.45, 7) is 5.05. The van der Waals surface area contributed by atoms with E-state index in [2.05, 4.69) is 10.4 Å². The van der Waals surface area contributed by atoms with Crippen LogP contribution in [0.4, 0.5) is 5.69 Å². The molecule has 7 nitrogen and oxygen atoms in total. The molecule has 1 atom stereocenters. The van der Waals surface area contributed by atoms with Crippen LogP contribution in [0.5, 0.6) is 0 Å². The van der Waals surface area contributed by atoms with E-state index in [1.54, 1.807) is 25.8 Å². The summed E-state index contributed by atoms with van der Waals surface area (Å²) in [6, 6.07) is 0. The van der Waals surface area contributed by atoms with Gasteiger partial charge >= 0.3 is 0 Å². The Balaban J connectivity index is 2.73. The monoisotopic (exact) mass is 270 g/mol. The number of hydrogen-bond acceptors (Lipinski definition) is 5. The van der Waals surface area contributed by atoms with Crippen LogP contribution >= 0.6 is 0 Å². The van der Waals surface area contributed by atoms with E-state index < -0.39 is 0 Å². The molecule has 0 saturated carbocycles. The Hall–Kier alpha value is -1.60. The molecule has 0 aliphatic carbocycles. The minimum absolute atomic E-state index is 0.186. The smallest absolute Gasteiger partial charge is 0.271 e. The number of methoxy groups -OCH3 is 2. The van der Waals surface area contributed by atoms with Gasteiger partial charge in [-0.15, -0.1) is 0 Å². The van der Waals surface area contributed by atoms with E-state index in [1.165, 1.54) is 0 Å². The molecule has 1 heterocycles. The van der Waals surface area contributed by atoms with Crippen molar-refractivity contribution in [3.63, 3.8) is 0 Å². The van der Waals surface area contributed by atoms with Crippen LogP contribution in [-0.2, 0) is 16.0 Å². The summed E-state index contributed by atoms with van der Waals surface area (Å²) in [5.74, 6) is -0.252. The van der Waals surface area contributed by atoms with Gasteiger partial charge in [-0.1, -0.05) is 0 Å². The lowest BCUT2D eigenvalue weighted by Crippen LogP contribution is -2.36. The first-order chi connectivity index (χ1) is 9.04. The molecule has 0 saturated heterocycles. The van der Waals surface area contributed by atoms with Crippen molar-refractivity contribution in [2.24, 2.45) is 0 Å². The highest BCUT2D eigenvalue weighted by atomic mass is 16.5. The molecule has 0 aliphatic rings. The summed E-state index contributed by atoms with van der Waals surface area (Å²) >= 11 is 0. The predicted molar refractivity (Wildman–Crippen MR) is 72.1 cm³/mol. The number of nitrogen functional groups attached to an aromatic ring is 1. The highest BCUT2D eigenvalue weighted by molar-refractivity contribution is 5.97. The molecule has 0 aromatic carbocycles. The molecular weight excluding hydrogens is 248 g/mol. The third-order valence-corrected chi connectivity index (χ3v) is 2.86. The first kappa shape index (κ1) is 15.5. The van der Waals surface area contributed by atoms with Crippen LogP contribution in [0.1, 0.15) is 23.1 Å². The Morgan fingerprint density at radius 3 is 2.74 bits per heavy atom. The van der Waals surface area contributed by atoms with Crippen LogP contribution in [0.2, 0.25) is 0 Å². The largest absolute Gasteiger partial charge is 0.395 e. The van der Waals surface area contributed by atoms with Crippen LogP contribution in [-0.4, -0.2) is 49.2 Å². The van der Waals surface area contributed by atoms with Gasteiger partial charge in [-0.25, -0.2) is 0 Å². The molecule has 19 heavy (non-hydrogen) atoms. The van der Waals surface area contributed by atoms with Crippen molar-refractivity contribution >= 4 is 11.6 Å². The highest BCUT2D eigenvalue weighted by Crippen LogP contribution is 2.16. The van der Waals surface area contributed by atoms with Gasteiger partial charge in [-0.3, -0.25) is 9.48 Å². The zero-order chi connectivity index (χ0) is 14.4. The standard InChI is InChI=1S/C12H22N4O3/c1-5-16-11(10(13)8(2)15-16)12(17)14-6-9(19-4)7-18-3/h9H,5-7,13H2,1-4H3,(H,14,17). The fourth-order valence-corrected chi connectivity index (χ4v) is 1.75. The zero-order valence-corrected chi connectivity index (χ0v) is 11.9. The van der Waals surface area contributed by atoms with E-state index in [4.69, 9.17) is 15.2 Å². The second-order valence-corrected chi connectivity index (χ2v) is 4.19. The number of rotatable bonds is 7. The van der Waals surface area contributed by atoms with Gasteiger partial charge in [0.1, 0.15) is 5.69 Å². The van der Waals surface area contributed by atoms with Gasteiger partial charge in [-0.05, 0) is 13.8 Å².